The molecule has 0 fully saturated rings. The fourth-order valence-electron chi connectivity index (χ4n) is 3.25. The molecule has 156 valence electrons. The predicted octanol–water partition coefficient (Wildman–Crippen LogP) is 4.09. The van der Waals surface area contributed by atoms with Crippen molar-refractivity contribution in [2.24, 2.45) is 0 Å². The summed E-state index contributed by atoms with van der Waals surface area (Å²) >= 11 is 0. The molecule has 7 heteroatoms. The predicted molar refractivity (Wildman–Crippen MR) is 110 cm³/mol. The average molecular weight is 408 g/mol. The average Bonchev–Trinajstić information content (AvgIpc) is 3.26. The third-order valence-corrected chi connectivity index (χ3v) is 4.87. The van der Waals surface area contributed by atoms with Crippen molar-refractivity contribution in [3.05, 3.63) is 70.2 Å². The standard InChI is InChI=1S/C23H24N2O5/c1-14-5-7-18(8-6-14)20(26)9-10-23(28)29-13-21(27)19-11-15(2)25(17(19)4)22-12-16(3)30-24-22/h5-8,11-12H,9-10,13H2,1-4H3. The van der Waals surface area contributed by atoms with E-state index in [0.29, 0.717) is 28.4 Å². The van der Waals surface area contributed by atoms with Gasteiger partial charge in [-0.05, 0) is 33.8 Å². The Balaban J connectivity index is 1.56. The highest BCUT2D eigenvalue weighted by Crippen LogP contribution is 2.21. The van der Waals surface area contributed by atoms with E-state index in [1.807, 2.05) is 30.5 Å². The summed E-state index contributed by atoms with van der Waals surface area (Å²) in [6.07, 6.45) is -0.0344. The van der Waals surface area contributed by atoms with Crippen LogP contribution in [0, 0.1) is 27.7 Å². The van der Waals surface area contributed by atoms with Crippen molar-refractivity contribution >= 4 is 17.5 Å². The fraction of sp³-hybridized carbons (Fsp3) is 0.304. The first-order valence-corrected chi connectivity index (χ1v) is 9.67. The van der Waals surface area contributed by atoms with E-state index in [1.165, 1.54) is 0 Å². The molecule has 0 bridgehead atoms. The van der Waals surface area contributed by atoms with Gasteiger partial charge in [0.2, 0.25) is 5.78 Å². The second kappa shape index (κ2) is 8.90. The van der Waals surface area contributed by atoms with Crippen LogP contribution in [-0.2, 0) is 9.53 Å². The van der Waals surface area contributed by atoms with Crippen LogP contribution in [0.2, 0.25) is 0 Å². The van der Waals surface area contributed by atoms with Crippen LogP contribution in [0.5, 0.6) is 0 Å². The van der Waals surface area contributed by atoms with E-state index < -0.39 is 5.97 Å². The van der Waals surface area contributed by atoms with Crippen molar-refractivity contribution in [1.29, 1.82) is 0 Å². The monoisotopic (exact) mass is 408 g/mol. The van der Waals surface area contributed by atoms with Crippen molar-refractivity contribution in [3.8, 4) is 5.82 Å². The van der Waals surface area contributed by atoms with Crippen LogP contribution >= 0.6 is 0 Å². The van der Waals surface area contributed by atoms with Gasteiger partial charge in [-0.1, -0.05) is 35.0 Å². The summed E-state index contributed by atoms with van der Waals surface area (Å²) in [4.78, 5) is 36.7. The zero-order chi connectivity index (χ0) is 21.8. The van der Waals surface area contributed by atoms with Crippen LogP contribution in [0.15, 0.2) is 40.9 Å². The summed E-state index contributed by atoms with van der Waals surface area (Å²) in [7, 11) is 0. The van der Waals surface area contributed by atoms with Crippen LogP contribution in [0.3, 0.4) is 0 Å². The maximum Gasteiger partial charge on any atom is 0.306 e. The zero-order valence-electron chi connectivity index (χ0n) is 17.5. The fourth-order valence-corrected chi connectivity index (χ4v) is 3.25. The van der Waals surface area contributed by atoms with Crippen molar-refractivity contribution < 1.29 is 23.6 Å². The molecular formula is C23H24N2O5. The molecule has 3 aromatic rings. The molecule has 2 aromatic heterocycles. The smallest absolute Gasteiger partial charge is 0.306 e. The molecule has 0 saturated carbocycles. The second-order valence-corrected chi connectivity index (χ2v) is 7.29. The Labute approximate surface area is 174 Å². The molecule has 0 aliphatic carbocycles. The molecule has 0 amide bonds. The lowest BCUT2D eigenvalue weighted by Crippen LogP contribution is -2.15. The lowest BCUT2D eigenvalue weighted by Gasteiger charge is -2.06. The Bertz CT molecular complexity index is 1090. The first-order valence-electron chi connectivity index (χ1n) is 9.67. The van der Waals surface area contributed by atoms with Crippen LogP contribution in [0.25, 0.3) is 5.82 Å². The normalized spacial score (nSPS) is 10.8. The minimum atomic E-state index is -0.579. The third kappa shape index (κ3) is 4.74. The van der Waals surface area contributed by atoms with E-state index in [1.54, 1.807) is 38.1 Å². The van der Waals surface area contributed by atoms with E-state index in [-0.39, 0.29) is 31.0 Å². The van der Waals surface area contributed by atoms with E-state index >= 15 is 0 Å². The molecule has 0 saturated heterocycles. The number of carbonyl (C=O) groups is 3. The first kappa shape index (κ1) is 21.2. The van der Waals surface area contributed by atoms with Gasteiger partial charge in [-0.25, -0.2) is 0 Å². The topological polar surface area (TPSA) is 91.4 Å². The van der Waals surface area contributed by atoms with Gasteiger partial charge >= 0.3 is 5.97 Å². The number of hydrogen-bond acceptors (Lipinski definition) is 6. The van der Waals surface area contributed by atoms with Crippen LogP contribution in [0.4, 0.5) is 0 Å². The second-order valence-electron chi connectivity index (χ2n) is 7.29. The minimum absolute atomic E-state index is 0.0378. The lowest BCUT2D eigenvalue weighted by atomic mass is 10.1. The number of nitrogens with zero attached hydrogens (tertiary/aromatic N) is 2. The largest absolute Gasteiger partial charge is 0.457 e. The van der Waals surface area contributed by atoms with Gasteiger partial charge in [-0.3, -0.25) is 19.0 Å². The highest BCUT2D eigenvalue weighted by molar-refractivity contribution is 6.00. The molecule has 7 nitrogen and oxygen atoms in total. The number of aryl methyl sites for hydroxylation is 3. The molecule has 30 heavy (non-hydrogen) atoms. The highest BCUT2D eigenvalue weighted by atomic mass is 16.5. The molecule has 0 unspecified atom stereocenters. The number of esters is 1. The summed E-state index contributed by atoms with van der Waals surface area (Å²) in [5.74, 6) is 0.231. The lowest BCUT2D eigenvalue weighted by molar-refractivity contribution is -0.142. The van der Waals surface area contributed by atoms with Crippen molar-refractivity contribution in [2.45, 2.75) is 40.5 Å². The number of benzene rings is 1. The van der Waals surface area contributed by atoms with E-state index in [2.05, 4.69) is 5.16 Å². The van der Waals surface area contributed by atoms with Crippen LogP contribution in [0.1, 0.15) is 56.3 Å². The Hall–Kier alpha value is -3.48. The molecule has 0 atom stereocenters. The van der Waals surface area contributed by atoms with Crippen LogP contribution < -0.4 is 0 Å². The summed E-state index contributed by atoms with van der Waals surface area (Å²) in [5.41, 5.74) is 3.58. The van der Waals surface area contributed by atoms with Gasteiger partial charge in [0.1, 0.15) is 5.76 Å². The Morgan fingerprint density at radius 2 is 1.67 bits per heavy atom. The number of hydrogen-bond donors (Lipinski definition) is 0. The van der Waals surface area contributed by atoms with Crippen molar-refractivity contribution in [3.63, 3.8) is 0 Å². The van der Waals surface area contributed by atoms with Crippen molar-refractivity contribution in [1.82, 2.24) is 9.72 Å². The highest BCUT2D eigenvalue weighted by Gasteiger charge is 2.20. The van der Waals surface area contributed by atoms with E-state index in [0.717, 1.165) is 11.3 Å². The number of ketones is 2. The molecule has 0 aliphatic heterocycles. The van der Waals surface area contributed by atoms with Gasteiger partial charge in [0.05, 0.1) is 6.42 Å². The Kier molecular flexibility index (Phi) is 6.30. The number of ether oxygens (including phenoxy) is 1. The molecule has 0 aliphatic rings. The molecule has 1 aromatic carbocycles. The third-order valence-electron chi connectivity index (χ3n) is 4.87. The quantitative estimate of drug-likeness (QED) is 0.412. The summed E-state index contributed by atoms with van der Waals surface area (Å²) < 4.78 is 12.0. The zero-order valence-corrected chi connectivity index (χ0v) is 17.5. The number of aromatic nitrogens is 2. The Morgan fingerprint density at radius 1 is 0.967 bits per heavy atom. The SMILES string of the molecule is Cc1ccc(C(=O)CCC(=O)OCC(=O)c2cc(C)n(-c3cc(C)on3)c2C)cc1. The maximum atomic E-state index is 12.6. The van der Waals surface area contributed by atoms with E-state index in [9.17, 15) is 14.4 Å². The van der Waals surface area contributed by atoms with Crippen molar-refractivity contribution in [2.75, 3.05) is 6.61 Å². The molecule has 2 heterocycles. The van der Waals surface area contributed by atoms with Crippen LogP contribution in [-0.4, -0.2) is 33.9 Å². The Morgan fingerprint density at radius 3 is 2.30 bits per heavy atom. The summed E-state index contributed by atoms with van der Waals surface area (Å²) in [5, 5.41) is 3.98. The minimum Gasteiger partial charge on any atom is -0.457 e. The van der Waals surface area contributed by atoms with Gasteiger partial charge < -0.3 is 9.26 Å². The number of rotatable bonds is 8. The molecule has 0 N–H and O–H groups in total. The van der Waals surface area contributed by atoms with Gasteiger partial charge in [-0.2, -0.15) is 0 Å². The molecule has 3 rings (SSSR count). The molecular weight excluding hydrogens is 384 g/mol. The van der Waals surface area contributed by atoms with E-state index in [4.69, 9.17) is 9.26 Å². The summed E-state index contributed by atoms with van der Waals surface area (Å²) in [6.45, 7) is 7.01. The molecule has 0 radical (unpaired) electrons. The first-order chi connectivity index (χ1) is 14.3. The number of Topliss-reactive ketones (excluding diaryl/α,β-unsaturated/α-hetero) is 2. The van der Waals surface area contributed by atoms with Gasteiger partial charge in [0, 0.05) is 35.0 Å². The van der Waals surface area contributed by atoms with Gasteiger partial charge in [0.25, 0.3) is 0 Å². The maximum absolute atomic E-state index is 12.6. The van der Waals surface area contributed by atoms with Gasteiger partial charge in [0.15, 0.2) is 18.2 Å². The van der Waals surface area contributed by atoms with Gasteiger partial charge in [-0.15, -0.1) is 0 Å². The summed E-state index contributed by atoms with van der Waals surface area (Å²) in [6, 6.07) is 10.7. The molecule has 0 spiro atoms. The number of carbonyl (C=O) groups excluding carboxylic acids is 3.